The molecule has 0 unspecified atom stereocenters. The molecule has 1 aliphatic rings. The van der Waals surface area contributed by atoms with Crippen LogP contribution in [0.4, 0.5) is 10.1 Å². The fourth-order valence-electron chi connectivity index (χ4n) is 3.66. The van der Waals surface area contributed by atoms with Crippen LogP contribution in [0.3, 0.4) is 0 Å². The van der Waals surface area contributed by atoms with E-state index in [2.05, 4.69) is 5.32 Å². The third kappa shape index (κ3) is 3.90. The lowest BCUT2D eigenvalue weighted by Gasteiger charge is -2.24. The second kappa shape index (κ2) is 8.24. The minimum Gasteiger partial charge on any atom is -0.325 e. The van der Waals surface area contributed by atoms with Gasteiger partial charge in [-0.1, -0.05) is 42.5 Å². The Morgan fingerprint density at radius 2 is 1.48 bits per heavy atom. The van der Waals surface area contributed by atoms with Gasteiger partial charge in [0.25, 0.3) is 0 Å². The second-order valence-electron chi connectivity index (χ2n) is 7.64. The lowest BCUT2D eigenvalue weighted by molar-refractivity contribution is -0.120. The van der Waals surface area contributed by atoms with Crippen molar-refractivity contribution in [3.63, 3.8) is 0 Å². The van der Waals surface area contributed by atoms with E-state index >= 15 is 0 Å². The van der Waals surface area contributed by atoms with Gasteiger partial charge in [0.15, 0.2) is 11.6 Å². The summed E-state index contributed by atoms with van der Waals surface area (Å²) in [4.78, 5) is 40.0. The Bertz CT molecular complexity index is 1200. The quantitative estimate of drug-likeness (QED) is 0.533. The summed E-state index contributed by atoms with van der Waals surface area (Å²) in [6.45, 7) is 1.99. The van der Waals surface area contributed by atoms with Gasteiger partial charge in [-0.05, 0) is 38.2 Å². The van der Waals surface area contributed by atoms with Crippen LogP contribution >= 0.6 is 0 Å². The number of fused-ring (bicyclic) bond motifs is 2. The summed E-state index contributed by atoms with van der Waals surface area (Å²) in [6.07, 6.45) is 0. The van der Waals surface area contributed by atoms with Crippen molar-refractivity contribution in [3.05, 3.63) is 100 Å². The van der Waals surface area contributed by atoms with Crippen molar-refractivity contribution >= 4 is 23.2 Å². The molecule has 3 aromatic carbocycles. The Morgan fingerprint density at radius 3 is 2.16 bits per heavy atom. The van der Waals surface area contributed by atoms with Gasteiger partial charge in [-0.15, -0.1) is 0 Å². The molecule has 156 valence electrons. The van der Waals surface area contributed by atoms with Gasteiger partial charge in [0.2, 0.25) is 5.91 Å². The van der Waals surface area contributed by atoms with E-state index in [1.807, 2.05) is 0 Å². The molecule has 1 amide bonds. The van der Waals surface area contributed by atoms with E-state index < -0.39 is 6.04 Å². The molecule has 0 aromatic heterocycles. The Hall–Kier alpha value is -3.64. The molecule has 0 radical (unpaired) electrons. The molecule has 31 heavy (non-hydrogen) atoms. The molecule has 1 N–H and O–H groups in total. The first kappa shape index (κ1) is 20.6. The highest BCUT2D eigenvalue weighted by atomic mass is 19.1. The summed E-state index contributed by atoms with van der Waals surface area (Å²) in [6, 6.07) is 17.3. The molecule has 6 heteroatoms. The van der Waals surface area contributed by atoms with Crippen LogP contribution in [0.1, 0.15) is 44.3 Å². The summed E-state index contributed by atoms with van der Waals surface area (Å²) < 4.78 is 13.9. The molecule has 0 bridgehead atoms. The monoisotopic (exact) mass is 416 g/mol. The van der Waals surface area contributed by atoms with Crippen molar-refractivity contribution in [1.29, 1.82) is 0 Å². The van der Waals surface area contributed by atoms with Gasteiger partial charge in [-0.2, -0.15) is 0 Å². The van der Waals surface area contributed by atoms with Crippen LogP contribution in [0.5, 0.6) is 0 Å². The van der Waals surface area contributed by atoms with Crippen LogP contribution in [-0.2, 0) is 11.3 Å². The number of benzene rings is 3. The number of nitrogens with zero attached hydrogens (tertiary/aromatic N) is 1. The predicted molar refractivity (Wildman–Crippen MR) is 116 cm³/mol. The van der Waals surface area contributed by atoms with Gasteiger partial charge >= 0.3 is 0 Å². The van der Waals surface area contributed by atoms with Crippen molar-refractivity contribution in [3.8, 4) is 0 Å². The molecule has 5 nitrogen and oxygen atoms in total. The fourth-order valence-corrected chi connectivity index (χ4v) is 3.66. The zero-order valence-corrected chi connectivity index (χ0v) is 17.2. The number of anilines is 1. The molecule has 0 aliphatic heterocycles. The lowest BCUT2D eigenvalue weighted by atomic mass is 9.84. The van der Waals surface area contributed by atoms with Gasteiger partial charge in [0, 0.05) is 40.0 Å². The number of hydrogen-bond donors (Lipinski definition) is 1. The van der Waals surface area contributed by atoms with Gasteiger partial charge in [-0.3, -0.25) is 19.3 Å². The number of nitrogens with one attached hydrogen (secondary N) is 1. The summed E-state index contributed by atoms with van der Waals surface area (Å²) >= 11 is 0. The van der Waals surface area contributed by atoms with E-state index in [1.165, 1.54) is 12.1 Å². The molecule has 0 heterocycles. The number of carbonyl (C=O) groups excluding carboxylic acids is 3. The second-order valence-corrected chi connectivity index (χ2v) is 7.64. The van der Waals surface area contributed by atoms with Crippen LogP contribution in [0.15, 0.2) is 66.7 Å². The van der Waals surface area contributed by atoms with E-state index in [1.54, 1.807) is 73.5 Å². The highest BCUT2D eigenvalue weighted by Gasteiger charge is 2.29. The molecule has 3 aromatic rings. The Balaban J connectivity index is 1.51. The van der Waals surface area contributed by atoms with Crippen LogP contribution in [0, 0.1) is 5.82 Å². The van der Waals surface area contributed by atoms with Crippen LogP contribution < -0.4 is 5.32 Å². The maximum Gasteiger partial charge on any atom is 0.241 e. The van der Waals surface area contributed by atoms with E-state index in [0.717, 1.165) is 0 Å². The molecule has 0 saturated carbocycles. The molecular formula is C25H21FN2O3. The van der Waals surface area contributed by atoms with Gasteiger partial charge in [0.1, 0.15) is 5.82 Å². The summed E-state index contributed by atoms with van der Waals surface area (Å²) in [5, 5.41) is 2.79. The zero-order chi connectivity index (χ0) is 22.1. The number of rotatable bonds is 5. The molecule has 4 rings (SSSR count). The molecule has 0 spiro atoms. The number of carbonyl (C=O) groups is 3. The summed E-state index contributed by atoms with van der Waals surface area (Å²) in [5.74, 6) is -1.07. The van der Waals surface area contributed by atoms with Crippen LogP contribution in [0.25, 0.3) is 0 Å². The minimum absolute atomic E-state index is 0.207. The van der Waals surface area contributed by atoms with Gasteiger partial charge < -0.3 is 5.32 Å². The molecule has 0 saturated heterocycles. The van der Waals surface area contributed by atoms with Crippen molar-refractivity contribution < 1.29 is 18.8 Å². The topological polar surface area (TPSA) is 66.5 Å². The first-order valence-corrected chi connectivity index (χ1v) is 9.94. The smallest absolute Gasteiger partial charge is 0.241 e. The molecule has 1 atom stereocenters. The van der Waals surface area contributed by atoms with Crippen LogP contribution in [0.2, 0.25) is 0 Å². The average molecular weight is 416 g/mol. The maximum absolute atomic E-state index is 13.9. The summed E-state index contributed by atoms with van der Waals surface area (Å²) in [7, 11) is 1.74. The lowest BCUT2D eigenvalue weighted by Crippen LogP contribution is -2.39. The van der Waals surface area contributed by atoms with Crippen molar-refractivity contribution in [2.45, 2.75) is 19.5 Å². The normalized spacial score (nSPS) is 13.5. The SMILES string of the molecule is C[C@@H](C(=O)Nc1ccc2c(c1)C(=O)c1ccccc1C2=O)N(C)Cc1ccccc1F. The van der Waals surface area contributed by atoms with Crippen molar-refractivity contribution in [2.75, 3.05) is 12.4 Å². The van der Waals surface area contributed by atoms with E-state index in [0.29, 0.717) is 27.9 Å². The number of ketones is 2. The number of likely N-dealkylation sites (N-methyl/N-ethyl adjacent to an activating group) is 1. The Kier molecular flexibility index (Phi) is 5.48. The largest absolute Gasteiger partial charge is 0.325 e. The minimum atomic E-state index is -0.548. The number of amides is 1. The van der Waals surface area contributed by atoms with Crippen molar-refractivity contribution in [2.24, 2.45) is 0 Å². The molecular weight excluding hydrogens is 395 g/mol. The third-order valence-corrected chi connectivity index (χ3v) is 5.61. The third-order valence-electron chi connectivity index (χ3n) is 5.61. The number of hydrogen-bond acceptors (Lipinski definition) is 4. The fraction of sp³-hybridized carbons (Fsp3) is 0.160. The summed E-state index contributed by atoms with van der Waals surface area (Å²) in [5.41, 5.74) is 2.28. The number of halogens is 1. The van der Waals surface area contributed by atoms with Gasteiger partial charge in [0.05, 0.1) is 6.04 Å². The first-order chi connectivity index (χ1) is 14.9. The standard InChI is InChI=1S/C25H21FN2O3/c1-15(28(2)14-16-7-3-6-10-22(16)26)25(31)27-17-11-12-20-21(13-17)24(30)19-9-5-4-8-18(19)23(20)29/h3-13,15H,14H2,1-2H3,(H,27,31)/t15-/m0/s1. The predicted octanol–water partition coefficient (Wildman–Crippen LogP) is 4.06. The van der Waals surface area contributed by atoms with Gasteiger partial charge in [-0.25, -0.2) is 4.39 Å². The average Bonchev–Trinajstić information content (AvgIpc) is 2.78. The molecule has 1 aliphatic carbocycles. The van der Waals surface area contributed by atoms with Crippen molar-refractivity contribution in [1.82, 2.24) is 4.90 Å². The Morgan fingerprint density at radius 1 is 0.903 bits per heavy atom. The molecule has 0 fully saturated rings. The Labute approximate surface area is 179 Å². The zero-order valence-electron chi connectivity index (χ0n) is 17.2. The van der Waals surface area contributed by atoms with E-state index in [9.17, 15) is 18.8 Å². The highest BCUT2D eigenvalue weighted by molar-refractivity contribution is 6.28. The maximum atomic E-state index is 13.9. The van der Waals surface area contributed by atoms with E-state index in [4.69, 9.17) is 0 Å². The van der Waals surface area contributed by atoms with E-state index in [-0.39, 0.29) is 35.4 Å². The highest BCUT2D eigenvalue weighted by Crippen LogP contribution is 2.29. The first-order valence-electron chi connectivity index (χ1n) is 9.94. The van der Waals surface area contributed by atoms with Crippen LogP contribution in [-0.4, -0.2) is 35.5 Å².